The van der Waals surface area contributed by atoms with Gasteiger partial charge in [0.15, 0.2) is 0 Å². The SMILES string of the molecule is CN1CCN(C(=O)CC2(CC(=O)O)CC2)C(Cc2ccccc2)C1=O. The number of amides is 2. The molecule has 1 aliphatic heterocycles. The molecule has 0 bridgehead atoms. The Kier molecular flexibility index (Phi) is 4.79. The van der Waals surface area contributed by atoms with Gasteiger partial charge in [0, 0.05) is 33.0 Å². The minimum absolute atomic E-state index is 0.0315. The van der Waals surface area contributed by atoms with E-state index in [1.165, 1.54) is 0 Å². The van der Waals surface area contributed by atoms with Crippen molar-refractivity contribution in [3.63, 3.8) is 0 Å². The number of carbonyl (C=O) groups excluding carboxylic acids is 2. The molecule has 1 saturated carbocycles. The normalized spacial score (nSPS) is 22.0. The van der Waals surface area contributed by atoms with Gasteiger partial charge in [-0.05, 0) is 23.8 Å². The van der Waals surface area contributed by atoms with E-state index in [9.17, 15) is 14.4 Å². The molecular weight excluding hydrogens is 320 g/mol. The van der Waals surface area contributed by atoms with E-state index in [1.807, 2.05) is 30.3 Å². The van der Waals surface area contributed by atoms with E-state index in [4.69, 9.17) is 5.11 Å². The lowest BCUT2D eigenvalue weighted by molar-refractivity contribution is -0.151. The van der Waals surface area contributed by atoms with Gasteiger partial charge in [0.25, 0.3) is 0 Å². The summed E-state index contributed by atoms with van der Waals surface area (Å²) >= 11 is 0. The van der Waals surface area contributed by atoms with Gasteiger partial charge in [0.2, 0.25) is 11.8 Å². The van der Waals surface area contributed by atoms with E-state index in [0.29, 0.717) is 19.5 Å². The maximum Gasteiger partial charge on any atom is 0.303 e. The number of piperazine rings is 1. The second-order valence-electron chi connectivity index (χ2n) is 7.30. The lowest BCUT2D eigenvalue weighted by Gasteiger charge is -2.40. The van der Waals surface area contributed by atoms with Gasteiger partial charge >= 0.3 is 5.97 Å². The monoisotopic (exact) mass is 344 g/mol. The van der Waals surface area contributed by atoms with E-state index < -0.39 is 17.4 Å². The molecule has 1 atom stereocenters. The third-order valence-electron chi connectivity index (χ3n) is 5.32. The maximum absolute atomic E-state index is 12.9. The standard InChI is InChI=1S/C19H24N2O4/c1-20-9-10-21(16(22)12-19(7-8-19)13-17(23)24)15(18(20)25)11-14-5-3-2-4-6-14/h2-6,15H,7-13H2,1H3,(H,23,24). The quantitative estimate of drug-likeness (QED) is 0.849. The van der Waals surface area contributed by atoms with Crippen LogP contribution in [0.15, 0.2) is 30.3 Å². The molecule has 2 fully saturated rings. The van der Waals surface area contributed by atoms with E-state index in [2.05, 4.69) is 0 Å². The minimum atomic E-state index is -0.861. The van der Waals surface area contributed by atoms with E-state index in [-0.39, 0.29) is 24.7 Å². The Morgan fingerprint density at radius 2 is 1.84 bits per heavy atom. The van der Waals surface area contributed by atoms with Crippen molar-refractivity contribution < 1.29 is 19.5 Å². The molecule has 1 aromatic carbocycles. The Labute approximate surface area is 147 Å². The highest BCUT2D eigenvalue weighted by Crippen LogP contribution is 2.52. The Morgan fingerprint density at radius 1 is 1.16 bits per heavy atom. The third-order valence-corrected chi connectivity index (χ3v) is 5.32. The summed E-state index contributed by atoms with van der Waals surface area (Å²) in [6.45, 7) is 1.02. The zero-order chi connectivity index (χ0) is 18.0. The van der Waals surface area contributed by atoms with Crippen molar-refractivity contribution in [3.05, 3.63) is 35.9 Å². The van der Waals surface area contributed by atoms with Gasteiger partial charge < -0.3 is 14.9 Å². The van der Waals surface area contributed by atoms with Crippen LogP contribution in [-0.4, -0.2) is 58.9 Å². The van der Waals surface area contributed by atoms with Crippen molar-refractivity contribution in [1.82, 2.24) is 9.80 Å². The first-order valence-electron chi connectivity index (χ1n) is 8.70. The molecule has 0 aromatic heterocycles. The molecule has 1 unspecified atom stereocenters. The highest BCUT2D eigenvalue weighted by molar-refractivity contribution is 5.89. The molecule has 2 amide bonds. The van der Waals surface area contributed by atoms with E-state index in [1.54, 1.807) is 16.8 Å². The Bertz CT molecular complexity index is 669. The van der Waals surface area contributed by atoms with Crippen LogP contribution in [0.3, 0.4) is 0 Å². The van der Waals surface area contributed by atoms with Crippen LogP contribution < -0.4 is 0 Å². The number of carboxylic acids is 1. The molecule has 2 aliphatic rings. The summed E-state index contributed by atoms with van der Waals surface area (Å²) in [5, 5.41) is 9.05. The van der Waals surface area contributed by atoms with Gasteiger partial charge in [-0.1, -0.05) is 30.3 Å². The number of aliphatic carboxylic acids is 1. The fourth-order valence-corrected chi connectivity index (χ4v) is 3.58. The highest BCUT2D eigenvalue weighted by Gasteiger charge is 2.48. The predicted molar refractivity (Wildman–Crippen MR) is 91.8 cm³/mol. The lowest BCUT2D eigenvalue weighted by atomic mass is 9.95. The summed E-state index contributed by atoms with van der Waals surface area (Å²) in [5.74, 6) is -1.01. The number of carbonyl (C=O) groups is 3. The zero-order valence-corrected chi connectivity index (χ0v) is 14.5. The van der Waals surface area contributed by atoms with Crippen LogP contribution in [0.1, 0.15) is 31.2 Å². The minimum Gasteiger partial charge on any atom is -0.481 e. The highest BCUT2D eigenvalue weighted by atomic mass is 16.4. The fourth-order valence-electron chi connectivity index (χ4n) is 3.58. The number of hydrogen-bond acceptors (Lipinski definition) is 3. The largest absolute Gasteiger partial charge is 0.481 e. The van der Waals surface area contributed by atoms with Crippen molar-refractivity contribution >= 4 is 17.8 Å². The van der Waals surface area contributed by atoms with Crippen LogP contribution in [-0.2, 0) is 20.8 Å². The molecule has 3 rings (SSSR count). The fraction of sp³-hybridized carbons (Fsp3) is 0.526. The molecule has 0 radical (unpaired) electrons. The maximum atomic E-state index is 12.9. The molecule has 25 heavy (non-hydrogen) atoms. The van der Waals surface area contributed by atoms with Gasteiger partial charge in [0.1, 0.15) is 6.04 Å². The summed E-state index contributed by atoms with van der Waals surface area (Å²) in [6.07, 6.45) is 2.29. The first-order chi connectivity index (χ1) is 11.9. The first kappa shape index (κ1) is 17.5. The van der Waals surface area contributed by atoms with Gasteiger partial charge in [-0.25, -0.2) is 0 Å². The molecule has 1 heterocycles. The molecule has 1 aromatic rings. The van der Waals surface area contributed by atoms with Crippen molar-refractivity contribution in [2.75, 3.05) is 20.1 Å². The molecule has 1 aliphatic carbocycles. The molecule has 1 N–H and O–H groups in total. The van der Waals surface area contributed by atoms with Crippen molar-refractivity contribution in [2.45, 2.75) is 38.1 Å². The smallest absolute Gasteiger partial charge is 0.303 e. The number of benzene rings is 1. The molecule has 6 heteroatoms. The van der Waals surface area contributed by atoms with Crippen LogP contribution in [0, 0.1) is 5.41 Å². The molecule has 6 nitrogen and oxygen atoms in total. The van der Waals surface area contributed by atoms with Gasteiger partial charge in [-0.15, -0.1) is 0 Å². The topological polar surface area (TPSA) is 77.9 Å². The average Bonchev–Trinajstić information content (AvgIpc) is 3.31. The second-order valence-corrected chi connectivity index (χ2v) is 7.30. The summed E-state index contributed by atoms with van der Waals surface area (Å²) in [7, 11) is 1.76. The number of likely N-dealkylation sites (N-methyl/N-ethyl adjacent to an activating group) is 1. The summed E-state index contributed by atoms with van der Waals surface area (Å²) < 4.78 is 0. The molecular formula is C19H24N2O4. The molecule has 134 valence electrons. The summed E-state index contributed by atoms with van der Waals surface area (Å²) in [4.78, 5) is 39.9. The Hall–Kier alpha value is -2.37. The predicted octanol–water partition coefficient (Wildman–Crippen LogP) is 1.54. The van der Waals surface area contributed by atoms with Crippen molar-refractivity contribution in [2.24, 2.45) is 5.41 Å². The van der Waals surface area contributed by atoms with Crippen molar-refractivity contribution in [1.29, 1.82) is 0 Å². The number of carboxylic acid groups (broad SMARTS) is 1. The van der Waals surface area contributed by atoms with Gasteiger partial charge in [-0.2, -0.15) is 0 Å². The number of nitrogens with zero attached hydrogens (tertiary/aromatic N) is 2. The lowest BCUT2D eigenvalue weighted by Crippen LogP contribution is -2.58. The average molecular weight is 344 g/mol. The Morgan fingerprint density at radius 3 is 2.44 bits per heavy atom. The van der Waals surface area contributed by atoms with Crippen LogP contribution in [0.5, 0.6) is 0 Å². The van der Waals surface area contributed by atoms with Gasteiger partial charge in [-0.3, -0.25) is 14.4 Å². The summed E-state index contributed by atoms with van der Waals surface area (Å²) in [6, 6.07) is 9.17. The molecule has 1 saturated heterocycles. The van der Waals surface area contributed by atoms with Crippen molar-refractivity contribution in [3.8, 4) is 0 Å². The zero-order valence-electron chi connectivity index (χ0n) is 14.5. The number of hydrogen-bond donors (Lipinski definition) is 1. The third kappa shape index (κ3) is 4.00. The van der Waals surface area contributed by atoms with Crippen LogP contribution in [0.2, 0.25) is 0 Å². The van der Waals surface area contributed by atoms with E-state index in [0.717, 1.165) is 18.4 Å². The Balaban J connectivity index is 1.74. The van der Waals surface area contributed by atoms with Crippen LogP contribution in [0.25, 0.3) is 0 Å². The summed E-state index contributed by atoms with van der Waals surface area (Å²) in [5.41, 5.74) is 0.618. The van der Waals surface area contributed by atoms with Crippen LogP contribution >= 0.6 is 0 Å². The second kappa shape index (κ2) is 6.86. The van der Waals surface area contributed by atoms with E-state index >= 15 is 0 Å². The number of rotatable bonds is 6. The van der Waals surface area contributed by atoms with Gasteiger partial charge in [0.05, 0.1) is 6.42 Å². The molecule has 0 spiro atoms. The van der Waals surface area contributed by atoms with Crippen LogP contribution in [0.4, 0.5) is 0 Å². The first-order valence-corrected chi connectivity index (χ1v) is 8.70.